The summed E-state index contributed by atoms with van der Waals surface area (Å²) in [5, 5.41) is 14.6. The van der Waals surface area contributed by atoms with E-state index < -0.39 is 0 Å². The summed E-state index contributed by atoms with van der Waals surface area (Å²) in [6.45, 7) is 0.870. The smallest absolute Gasteiger partial charge is 0.250 e. The van der Waals surface area contributed by atoms with Crippen LogP contribution in [0.5, 0.6) is 0 Å². The van der Waals surface area contributed by atoms with Crippen molar-refractivity contribution in [2.45, 2.75) is 18.9 Å². The molecule has 0 aliphatic heterocycles. The van der Waals surface area contributed by atoms with Gasteiger partial charge in [0.1, 0.15) is 6.61 Å². The third-order valence-electron chi connectivity index (χ3n) is 3.48. The van der Waals surface area contributed by atoms with E-state index >= 15 is 0 Å². The van der Waals surface area contributed by atoms with Crippen LogP contribution in [0.2, 0.25) is 0 Å². The molecule has 8 nitrogen and oxygen atoms in total. The summed E-state index contributed by atoms with van der Waals surface area (Å²) in [7, 11) is 1.59. The van der Waals surface area contributed by atoms with Gasteiger partial charge in [0.05, 0.1) is 19.3 Å². The molecule has 2 aromatic rings. The lowest BCUT2D eigenvalue weighted by molar-refractivity contribution is -0.121. The number of nitrogens with zero attached hydrogens (tertiary/aromatic N) is 4. The van der Waals surface area contributed by atoms with Crippen LogP contribution in [-0.4, -0.2) is 53.0 Å². The van der Waals surface area contributed by atoms with Gasteiger partial charge in [-0.25, -0.2) is 4.68 Å². The molecular weight excluding hydrogens is 298 g/mol. The topological polar surface area (TPSA) is 91.2 Å². The Hall–Kier alpha value is -2.32. The van der Waals surface area contributed by atoms with E-state index in [0.29, 0.717) is 24.9 Å². The van der Waals surface area contributed by atoms with Gasteiger partial charge >= 0.3 is 0 Å². The number of hydrogen-bond acceptors (Lipinski definition) is 6. The Morgan fingerprint density at radius 1 is 1.30 bits per heavy atom. The molecule has 1 N–H and O–H groups in total. The number of aromatic nitrogens is 4. The number of carbonyl (C=O) groups is 1. The summed E-state index contributed by atoms with van der Waals surface area (Å²) >= 11 is 0. The van der Waals surface area contributed by atoms with Gasteiger partial charge in [-0.05, 0) is 47.5 Å². The van der Waals surface area contributed by atoms with Crippen molar-refractivity contribution in [3.63, 3.8) is 0 Å². The molecule has 1 heterocycles. The van der Waals surface area contributed by atoms with Gasteiger partial charge in [0.15, 0.2) is 5.82 Å². The molecule has 1 aliphatic rings. The molecule has 0 spiro atoms. The highest BCUT2D eigenvalue weighted by Gasteiger charge is 2.28. The molecule has 0 unspecified atom stereocenters. The van der Waals surface area contributed by atoms with Crippen molar-refractivity contribution in [3.8, 4) is 11.4 Å². The summed E-state index contributed by atoms with van der Waals surface area (Å²) in [6, 6.07) is 7.87. The fourth-order valence-electron chi connectivity index (χ4n) is 2.16. The van der Waals surface area contributed by atoms with Crippen LogP contribution in [0.15, 0.2) is 24.3 Å². The molecule has 8 heteroatoms. The van der Waals surface area contributed by atoms with Crippen molar-refractivity contribution in [1.29, 1.82) is 0 Å². The summed E-state index contributed by atoms with van der Waals surface area (Å²) < 4.78 is 11.9. The van der Waals surface area contributed by atoms with E-state index in [2.05, 4.69) is 20.8 Å². The molecule has 0 radical (unpaired) electrons. The van der Waals surface area contributed by atoms with Crippen molar-refractivity contribution in [2.24, 2.45) is 0 Å². The number of hydrogen-bond donors (Lipinski definition) is 1. The molecular formula is C15H19N5O3. The van der Waals surface area contributed by atoms with Crippen molar-refractivity contribution >= 4 is 11.6 Å². The van der Waals surface area contributed by atoms with Crippen LogP contribution in [-0.2, 0) is 14.3 Å². The second kappa shape index (κ2) is 7.30. The average Bonchev–Trinajstić information content (AvgIpc) is 3.29. The van der Waals surface area contributed by atoms with Crippen molar-refractivity contribution < 1.29 is 14.3 Å². The Bertz CT molecular complexity index is 651. The Labute approximate surface area is 133 Å². The number of anilines is 1. The lowest BCUT2D eigenvalue weighted by Gasteiger charge is -2.07. The Morgan fingerprint density at radius 2 is 2.09 bits per heavy atom. The summed E-state index contributed by atoms with van der Waals surface area (Å²) in [5.41, 5.74) is 1.63. The van der Waals surface area contributed by atoms with E-state index in [4.69, 9.17) is 9.47 Å². The van der Waals surface area contributed by atoms with E-state index in [1.54, 1.807) is 7.11 Å². The Morgan fingerprint density at radius 3 is 2.78 bits per heavy atom. The third-order valence-corrected chi connectivity index (χ3v) is 3.48. The van der Waals surface area contributed by atoms with Crippen molar-refractivity contribution in [3.05, 3.63) is 24.3 Å². The van der Waals surface area contributed by atoms with E-state index in [0.717, 1.165) is 24.2 Å². The van der Waals surface area contributed by atoms with Crippen LogP contribution in [0.3, 0.4) is 0 Å². The highest BCUT2D eigenvalue weighted by atomic mass is 16.5. The van der Waals surface area contributed by atoms with Crippen LogP contribution in [0.4, 0.5) is 5.69 Å². The van der Waals surface area contributed by atoms with E-state index in [-0.39, 0.29) is 12.5 Å². The molecule has 23 heavy (non-hydrogen) atoms. The zero-order chi connectivity index (χ0) is 16.1. The highest BCUT2D eigenvalue weighted by Crippen LogP contribution is 2.36. The number of nitrogens with one attached hydrogen (secondary N) is 1. The fourth-order valence-corrected chi connectivity index (χ4v) is 2.16. The second-order valence-corrected chi connectivity index (χ2v) is 5.35. The summed E-state index contributed by atoms with van der Waals surface area (Å²) in [5.74, 6) is 0.560. The SMILES string of the molecule is COCCOCC(=O)Nc1ccc(-c2nnnn2C2CC2)cc1. The first-order chi connectivity index (χ1) is 11.3. The van der Waals surface area contributed by atoms with Gasteiger partial charge in [0.2, 0.25) is 5.91 Å². The molecule has 1 aliphatic carbocycles. The average molecular weight is 317 g/mol. The van der Waals surface area contributed by atoms with Gasteiger partial charge < -0.3 is 14.8 Å². The standard InChI is InChI=1S/C15H19N5O3/c1-22-8-9-23-10-14(21)16-12-4-2-11(3-5-12)15-17-18-19-20(15)13-6-7-13/h2-5,13H,6-10H2,1H3,(H,16,21). The van der Waals surface area contributed by atoms with E-state index in [9.17, 15) is 4.79 Å². The number of rotatable bonds is 8. The van der Waals surface area contributed by atoms with Gasteiger partial charge in [-0.1, -0.05) is 0 Å². The van der Waals surface area contributed by atoms with Gasteiger partial charge in [-0.15, -0.1) is 5.10 Å². The Balaban J connectivity index is 1.56. The summed E-state index contributed by atoms with van der Waals surface area (Å²) in [4.78, 5) is 11.7. The first kappa shape index (κ1) is 15.6. The zero-order valence-corrected chi connectivity index (χ0v) is 12.9. The number of methoxy groups -OCH3 is 1. The van der Waals surface area contributed by atoms with Crippen LogP contribution < -0.4 is 5.32 Å². The number of ether oxygens (including phenoxy) is 2. The lowest BCUT2D eigenvalue weighted by Crippen LogP contribution is -2.19. The maximum absolute atomic E-state index is 11.7. The van der Waals surface area contributed by atoms with Crippen molar-refractivity contribution in [1.82, 2.24) is 20.2 Å². The maximum Gasteiger partial charge on any atom is 0.250 e. The largest absolute Gasteiger partial charge is 0.382 e. The minimum Gasteiger partial charge on any atom is -0.382 e. The van der Waals surface area contributed by atoms with Gasteiger partial charge in [0, 0.05) is 18.4 Å². The van der Waals surface area contributed by atoms with Crippen LogP contribution in [0.1, 0.15) is 18.9 Å². The Kier molecular flexibility index (Phi) is 4.94. The quantitative estimate of drug-likeness (QED) is 0.737. The van der Waals surface area contributed by atoms with E-state index in [1.165, 1.54) is 0 Å². The number of tetrazole rings is 1. The fraction of sp³-hybridized carbons (Fsp3) is 0.467. The molecule has 0 atom stereocenters. The number of carbonyl (C=O) groups excluding carboxylic acids is 1. The third kappa shape index (κ3) is 4.11. The molecule has 3 rings (SSSR count). The summed E-state index contributed by atoms with van der Waals surface area (Å²) in [6.07, 6.45) is 2.24. The predicted octanol–water partition coefficient (Wildman–Crippen LogP) is 1.28. The monoisotopic (exact) mass is 317 g/mol. The minimum atomic E-state index is -0.198. The van der Waals surface area contributed by atoms with Gasteiger partial charge in [0.25, 0.3) is 0 Å². The molecule has 1 amide bonds. The molecule has 0 bridgehead atoms. The second-order valence-electron chi connectivity index (χ2n) is 5.35. The van der Waals surface area contributed by atoms with Crippen LogP contribution in [0, 0.1) is 0 Å². The molecule has 1 fully saturated rings. The normalized spacial score (nSPS) is 14.0. The highest BCUT2D eigenvalue weighted by molar-refractivity contribution is 5.91. The van der Waals surface area contributed by atoms with Crippen LogP contribution >= 0.6 is 0 Å². The maximum atomic E-state index is 11.7. The number of amides is 1. The van der Waals surface area contributed by atoms with Crippen molar-refractivity contribution in [2.75, 3.05) is 32.2 Å². The van der Waals surface area contributed by atoms with Gasteiger partial charge in [-0.2, -0.15) is 0 Å². The molecule has 1 aromatic carbocycles. The molecule has 122 valence electrons. The van der Waals surface area contributed by atoms with Gasteiger partial charge in [-0.3, -0.25) is 4.79 Å². The minimum absolute atomic E-state index is 0.00500. The van der Waals surface area contributed by atoms with E-state index in [1.807, 2.05) is 28.9 Å². The first-order valence-electron chi connectivity index (χ1n) is 7.53. The molecule has 1 aromatic heterocycles. The molecule has 1 saturated carbocycles. The van der Waals surface area contributed by atoms with Crippen LogP contribution in [0.25, 0.3) is 11.4 Å². The molecule has 0 saturated heterocycles. The number of benzene rings is 1. The lowest BCUT2D eigenvalue weighted by atomic mass is 10.2. The predicted molar refractivity (Wildman–Crippen MR) is 82.8 cm³/mol. The zero-order valence-electron chi connectivity index (χ0n) is 12.9. The first-order valence-corrected chi connectivity index (χ1v) is 7.53.